The molecule has 4 saturated heterocycles. The second-order valence-corrected chi connectivity index (χ2v) is 8.45. The van der Waals surface area contributed by atoms with Crippen LogP contribution >= 0.6 is 0 Å². The van der Waals surface area contributed by atoms with Crippen LogP contribution in [0, 0.1) is 10.8 Å². The van der Waals surface area contributed by atoms with E-state index in [1.54, 1.807) is 7.11 Å². The fourth-order valence-electron chi connectivity index (χ4n) is 5.68. The lowest BCUT2D eigenvalue weighted by Gasteiger charge is -2.65. The van der Waals surface area contributed by atoms with Gasteiger partial charge in [0, 0.05) is 26.2 Å². The normalized spacial score (nSPS) is 37.8. The first kappa shape index (κ1) is 17.8. The van der Waals surface area contributed by atoms with Gasteiger partial charge in [-0.3, -0.25) is 14.6 Å². The molecule has 0 spiro atoms. The van der Waals surface area contributed by atoms with Crippen LogP contribution in [0.2, 0.25) is 0 Å². The lowest BCUT2D eigenvalue weighted by atomic mass is 9.59. The van der Waals surface area contributed by atoms with Crippen molar-refractivity contribution < 1.29 is 14.3 Å². The highest BCUT2D eigenvalue weighted by Gasteiger charge is 2.63. The molecule has 4 heterocycles. The Morgan fingerprint density at radius 3 is 2.38 bits per heavy atom. The van der Waals surface area contributed by atoms with E-state index in [2.05, 4.69) is 35.8 Å². The zero-order valence-electron chi connectivity index (χ0n) is 16.4. The topological polar surface area (TPSA) is 42.0 Å². The van der Waals surface area contributed by atoms with Gasteiger partial charge in [-0.25, -0.2) is 0 Å². The molecule has 4 aliphatic rings. The maximum atomic E-state index is 13.2. The first-order valence-electron chi connectivity index (χ1n) is 9.80. The summed E-state index contributed by atoms with van der Waals surface area (Å²) in [6, 6.07) is 6.26. The lowest BCUT2D eigenvalue weighted by molar-refractivity contribution is -0.201. The highest BCUT2D eigenvalue weighted by Crippen LogP contribution is 2.54. The Hall–Kier alpha value is -1.59. The molecule has 0 aliphatic carbocycles. The predicted octanol–water partition coefficient (Wildman–Crippen LogP) is 3.10. The molecule has 0 radical (unpaired) electrons. The maximum Gasteiger partial charge on any atom is 0.161 e. The third-order valence-corrected chi connectivity index (χ3v) is 6.35. The van der Waals surface area contributed by atoms with Gasteiger partial charge >= 0.3 is 0 Å². The van der Waals surface area contributed by atoms with Crippen molar-refractivity contribution in [2.45, 2.75) is 39.8 Å². The summed E-state index contributed by atoms with van der Waals surface area (Å²) in [5.41, 5.74) is 0.832. The Balaban J connectivity index is 1.69. The van der Waals surface area contributed by atoms with E-state index in [-0.39, 0.29) is 17.0 Å². The molecular formula is C21H30N2O3. The fourth-order valence-corrected chi connectivity index (χ4v) is 5.68. The molecule has 1 aromatic carbocycles. The van der Waals surface area contributed by atoms with Crippen molar-refractivity contribution >= 4 is 5.78 Å². The minimum absolute atomic E-state index is 0.175. The van der Waals surface area contributed by atoms with Gasteiger partial charge in [-0.2, -0.15) is 0 Å². The molecular weight excluding hydrogens is 328 g/mol. The van der Waals surface area contributed by atoms with Crippen LogP contribution in [-0.4, -0.2) is 55.5 Å². The zero-order valence-corrected chi connectivity index (χ0v) is 16.4. The second-order valence-electron chi connectivity index (χ2n) is 8.45. The van der Waals surface area contributed by atoms with Gasteiger partial charge in [-0.15, -0.1) is 0 Å². The molecule has 0 saturated carbocycles. The number of piperidine rings is 2. The number of carbonyl (C=O) groups is 1. The van der Waals surface area contributed by atoms with Crippen molar-refractivity contribution in [2.24, 2.45) is 10.8 Å². The summed E-state index contributed by atoms with van der Waals surface area (Å²) in [7, 11) is 1.67. The Morgan fingerprint density at radius 1 is 1.12 bits per heavy atom. The number of methoxy groups -OCH3 is 1. The summed E-state index contributed by atoms with van der Waals surface area (Å²) in [6.07, 6.45) is 2.28. The molecule has 2 unspecified atom stereocenters. The van der Waals surface area contributed by atoms with Gasteiger partial charge in [0.05, 0.1) is 30.7 Å². The van der Waals surface area contributed by atoms with Crippen LogP contribution in [0.1, 0.15) is 45.3 Å². The number of hydrogen-bond acceptors (Lipinski definition) is 5. The van der Waals surface area contributed by atoms with Crippen LogP contribution in [0.15, 0.2) is 18.2 Å². The van der Waals surface area contributed by atoms with Crippen LogP contribution in [0.25, 0.3) is 0 Å². The van der Waals surface area contributed by atoms with Gasteiger partial charge in [0.2, 0.25) is 0 Å². The van der Waals surface area contributed by atoms with Gasteiger partial charge in [0.15, 0.2) is 11.5 Å². The van der Waals surface area contributed by atoms with Gasteiger partial charge in [0.25, 0.3) is 0 Å². The fraction of sp³-hybridized carbons (Fsp3) is 0.667. The molecule has 0 aromatic heterocycles. The number of rotatable bonds is 6. The maximum absolute atomic E-state index is 13.2. The van der Waals surface area contributed by atoms with E-state index < -0.39 is 0 Å². The number of ether oxygens (including phenoxy) is 2. The Bertz CT molecular complexity index is 701. The molecule has 5 heteroatoms. The number of ketones is 1. The zero-order chi connectivity index (χ0) is 18.5. The molecule has 5 nitrogen and oxygen atoms in total. The van der Waals surface area contributed by atoms with Crippen LogP contribution < -0.4 is 9.47 Å². The first-order valence-corrected chi connectivity index (χ1v) is 9.80. The SMILES string of the molecule is CCCC12CN3CC(C)(CN(C1)C3c1ccc(OC)c(OCC)c1)C2=O. The summed E-state index contributed by atoms with van der Waals surface area (Å²) in [5.74, 6) is 2.07. The number of Topliss-reactive ketones (excluding diaryl/α,β-unsaturated/α-hetero) is 1. The van der Waals surface area contributed by atoms with E-state index in [1.165, 1.54) is 5.56 Å². The summed E-state index contributed by atoms with van der Waals surface area (Å²) >= 11 is 0. The van der Waals surface area contributed by atoms with E-state index >= 15 is 0 Å². The van der Waals surface area contributed by atoms with Crippen molar-refractivity contribution in [1.82, 2.24) is 9.80 Å². The molecule has 4 fully saturated rings. The van der Waals surface area contributed by atoms with Crippen LogP contribution in [0.4, 0.5) is 0 Å². The average molecular weight is 358 g/mol. The lowest BCUT2D eigenvalue weighted by Crippen LogP contribution is -2.76. The summed E-state index contributed by atoms with van der Waals surface area (Å²) < 4.78 is 11.2. The third kappa shape index (κ3) is 2.48. The van der Waals surface area contributed by atoms with Gasteiger partial charge < -0.3 is 9.47 Å². The van der Waals surface area contributed by atoms with E-state index in [0.717, 1.165) is 50.5 Å². The Labute approximate surface area is 156 Å². The quantitative estimate of drug-likeness (QED) is 0.782. The van der Waals surface area contributed by atoms with Gasteiger partial charge in [-0.1, -0.05) is 26.3 Å². The highest BCUT2D eigenvalue weighted by molar-refractivity contribution is 5.93. The van der Waals surface area contributed by atoms with E-state index in [9.17, 15) is 4.79 Å². The van der Waals surface area contributed by atoms with E-state index in [1.807, 2.05) is 13.0 Å². The van der Waals surface area contributed by atoms with Crippen molar-refractivity contribution in [3.8, 4) is 11.5 Å². The number of carbonyl (C=O) groups excluding carboxylic acids is 1. The highest BCUT2D eigenvalue weighted by atomic mass is 16.5. The molecule has 0 amide bonds. The van der Waals surface area contributed by atoms with Crippen LogP contribution in [0.5, 0.6) is 11.5 Å². The van der Waals surface area contributed by atoms with E-state index in [4.69, 9.17) is 9.47 Å². The molecule has 5 rings (SSSR count). The molecule has 4 aliphatic heterocycles. The van der Waals surface area contributed by atoms with Crippen molar-refractivity contribution in [2.75, 3.05) is 39.9 Å². The monoisotopic (exact) mass is 358 g/mol. The molecule has 26 heavy (non-hydrogen) atoms. The van der Waals surface area contributed by atoms with Crippen molar-refractivity contribution in [3.63, 3.8) is 0 Å². The predicted molar refractivity (Wildman–Crippen MR) is 101 cm³/mol. The molecule has 0 N–H and O–H groups in total. The molecule has 4 bridgehead atoms. The summed E-state index contributed by atoms with van der Waals surface area (Å²) in [5, 5.41) is 0. The summed E-state index contributed by atoms with van der Waals surface area (Å²) in [6.45, 7) is 10.4. The molecule has 1 aromatic rings. The van der Waals surface area contributed by atoms with E-state index in [0.29, 0.717) is 12.4 Å². The standard InChI is InChI=1S/C21H30N2O3/c1-5-9-21-13-22-11-20(3,19(21)24)12-23(14-21)18(22)15-7-8-16(25-4)17(10-15)26-6-2/h7-8,10,18H,5-6,9,11-14H2,1-4H3. The molecule has 142 valence electrons. The Morgan fingerprint density at radius 2 is 1.81 bits per heavy atom. The average Bonchev–Trinajstić information content (AvgIpc) is 2.59. The minimum atomic E-state index is -0.225. The Kier molecular flexibility index (Phi) is 4.27. The van der Waals surface area contributed by atoms with Gasteiger partial charge in [-0.05, 0) is 31.0 Å². The second kappa shape index (κ2) is 6.24. The first-order chi connectivity index (χ1) is 12.5. The number of nitrogens with zero attached hydrogens (tertiary/aromatic N) is 2. The smallest absolute Gasteiger partial charge is 0.161 e. The largest absolute Gasteiger partial charge is 0.493 e. The number of hydrogen-bond donors (Lipinski definition) is 0. The third-order valence-electron chi connectivity index (χ3n) is 6.35. The van der Waals surface area contributed by atoms with Crippen molar-refractivity contribution in [3.05, 3.63) is 23.8 Å². The van der Waals surface area contributed by atoms with Crippen LogP contribution in [-0.2, 0) is 4.79 Å². The van der Waals surface area contributed by atoms with Crippen molar-refractivity contribution in [1.29, 1.82) is 0 Å². The van der Waals surface area contributed by atoms with Gasteiger partial charge in [0.1, 0.15) is 5.78 Å². The summed E-state index contributed by atoms with van der Waals surface area (Å²) in [4.78, 5) is 18.2. The minimum Gasteiger partial charge on any atom is -0.493 e. The molecule has 2 atom stereocenters. The number of benzene rings is 1. The van der Waals surface area contributed by atoms with Crippen LogP contribution in [0.3, 0.4) is 0 Å².